The van der Waals surface area contributed by atoms with Crippen molar-refractivity contribution in [3.63, 3.8) is 0 Å². The molecule has 0 radical (unpaired) electrons. The van der Waals surface area contributed by atoms with Crippen LogP contribution in [0.2, 0.25) is 5.02 Å². The number of aromatic nitrogens is 2. The quantitative estimate of drug-likeness (QED) is 0.260. The summed E-state index contributed by atoms with van der Waals surface area (Å²) >= 11 is 6.04. The molecule has 0 aliphatic carbocycles. The van der Waals surface area contributed by atoms with E-state index in [1.165, 1.54) is 13.8 Å². The van der Waals surface area contributed by atoms with Crippen LogP contribution < -0.4 is 10.8 Å². The molecule has 0 spiro atoms. The van der Waals surface area contributed by atoms with E-state index in [9.17, 15) is 18.9 Å². The first-order valence-electron chi connectivity index (χ1n) is 13.5. The normalized spacial score (nSPS) is 26.3. The Kier molecular flexibility index (Phi) is 10.5. The fraction of sp³-hybridized carbons (Fsp3) is 0.538. The zero-order chi connectivity index (χ0) is 32.2. The van der Waals surface area contributed by atoms with Crippen LogP contribution in [0.5, 0.6) is 0 Å². The lowest BCUT2D eigenvalue weighted by Gasteiger charge is -2.30. The number of nitrogens with one attached hydrogen (secondary N) is 1. The monoisotopic (exact) mass is 665 g/mol. The molecule has 2 saturated heterocycles. The second-order valence-electron chi connectivity index (χ2n) is 10.3. The molecule has 5 unspecified atom stereocenters. The van der Waals surface area contributed by atoms with Crippen molar-refractivity contribution in [2.75, 3.05) is 18.3 Å². The number of rotatable bonds is 9. The number of benzene rings is 1. The van der Waals surface area contributed by atoms with Crippen molar-refractivity contribution in [3.05, 3.63) is 57.6 Å². The van der Waals surface area contributed by atoms with Gasteiger partial charge in [-0.15, -0.1) is 0 Å². The molecule has 1 aromatic heterocycles. The number of carbonyl (C=O) groups excluding carboxylic acids is 2. The van der Waals surface area contributed by atoms with E-state index in [0.29, 0.717) is 21.6 Å². The van der Waals surface area contributed by atoms with Gasteiger partial charge in [0.2, 0.25) is 12.3 Å². The number of alkyl halides is 2. The van der Waals surface area contributed by atoms with Gasteiger partial charge in [-0.05, 0) is 51.5 Å². The van der Waals surface area contributed by atoms with Gasteiger partial charge in [0.25, 0.3) is 0 Å². The maximum absolute atomic E-state index is 15.7. The van der Waals surface area contributed by atoms with E-state index in [1.807, 2.05) is 0 Å². The SMILES string of the molecule is CC(C)OC(=O)OCC1OC(n2ccc(NP3(=O)OCCC(c4cccc(Cl)c4)O3)nc2=O)C(F)(F)C1OC(=O)OC(C)C. The second-order valence-corrected chi connectivity index (χ2v) is 12.4. The van der Waals surface area contributed by atoms with E-state index < -0.39 is 75.0 Å². The molecule has 2 aliphatic heterocycles. The topological polar surface area (TPSA) is 163 Å². The molecule has 2 aliphatic rings. The third-order valence-electron chi connectivity index (χ3n) is 6.06. The average molecular weight is 666 g/mol. The summed E-state index contributed by atoms with van der Waals surface area (Å²) in [6, 6.07) is 7.82. The third kappa shape index (κ3) is 8.24. The summed E-state index contributed by atoms with van der Waals surface area (Å²) in [6.07, 6.45) is -9.66. The molecular formula is C26H31ClF2N3O11P. The van der Waals surface area contributed by atoms with Crippen molar-refractivity contribution >= 4 is 37.5 Å². The number of carbonyl (C=O) groups is 2. The second kappa shape index (κ2) is 13.8. The molecule has 2 aromatic rings. The van der Waals surface area contributed by atoms with E-state index in [4.69, 9.17) is 44.3 Å². The van der Waals surface area contributed by atoms with Crippen LogP contribution >= 0.6 is 19.3 Å². The maximum atomic E-state index is 15.7. The summed E-state index contributed by atoms with van der Waals surface area (Å²) in [5.74, 6) is -4.34. The molecule has 44 heavy (non-hydrogen) atoms. The van der Waals surface area contributed by atoms with Gasteiger partial charge in [0.1, 0.15) is 18.5 Å². The van der Waals surface area contributed by atoms with Crippen molar-refractivity contribution in [3.8, 4) is 0 Å². The Balaban J connectivity index is 1.52. The zero-order valence-electron chi connectivity index (χ0n) is 24.0. The minimum absolute atomic E-state index is 0.0372. The van der Waals surface area contributed by atoms with Crippen molar-refractivity contribution in [2.24, 2.45) is 0 Å². The van der Waals surface area contributed by atoms with Gasteiger partial charge in [-0.25, -0.2) is 18.9 Å². The van der Waals surface area contributed by atoms with Crippen LogP contribution in [0.4, 0.5) is 24.2 Å². The summed E-state index contributed by atoms with van der Waals surface area (Å²) in [5, 5.41) is 2.88. The third-order valence-corrected chi connectivity index (χ3v) is 7.86. The number of halogens is 3. The maximum Gasteiger partial charge on any atom is 0.509 e. The van der Waals surface area contributed by atoms with Gasteiger partial charge in [0.05, 0.1) is 24.9 Å². The fourth-order valence-corrected chi connectivity index (χ4v) is 5.96. The van der Waals surface area contributed by atoms with Crippen LogP contribution in [0.25, 0.3) is 0 Å². The minimum Gasteiger partial charge on any atom is -0.432 e. The molecule has 3 heterocycles. The Bertz CT molecular complexity index is 1460. The molecule has 14 nitrogen and oxygen atoms in total. The van der Waals surface area contributed by atoms with Crippen LogP contribution in [0.1, 0.15) is 52.0 Å². The van der Waals surface area contributed by atoms with E-state index in [0.717, 1.165) is 12.3 Å². The zero-order valence-corrected chi connectivity index (χ0v) is 25.7. The summed E-state index contributed by atoms with van der Waals surface area (Å²) in [4.78, 5) is 40.6. The molecule has 5 atom stereocenters. The number of anilines is 1. The minimum atomic E-state index is -4.05. The molecular weight excluding hydrogens is 635 g/mol. The predicted molar refractivity (Wildman–Crippen MR) is 148 cm³/mol. The Morgan fingerprint density at radius 2 is 1.89 bits per heavy atom. The van der Waals surface area contributed by atoms with Gasteiger partial charge in [0, 0.05) is 17.6 Å². The lowest BCUT2D eigenvalue weighted by Crippen LogP contribution is -2.45. The summed E-state index contributed by atoms with van der Waals surface area (Å²) in [6.45, 7) is 5.27. The van der Waals surface area contributed by atoms with Crippen molar-refractivity contribution in [1.29, 1.82) is 0 Å². The van der Waals surface area contributed by atoms with Gasteiger partial charge in [-0.1, -0.05) is 23.7 Å². The van der Waals surface area contributed by atoms with Crippen LogP contribution in [0, 0.1) is 0 Å². The fourth-order valence-electron chi connectivity index (χ4n) is 4.27. The first-order valence-corrected chi connectivity index (χ1v) is 15.4. The molecule has 0 amide bonds. The molecule has 242 valence electrons. The highest BCUT2D eigenvalue weighted by atomic mass is 35.5. The number of hydrogen-bond acceptors (Lipinski definition) is 12. The Morgan fingerprint density at radius 3 is 2.55 bits per heavy atom. The smallest absolute Gasteiger partial charge is 0.432 e. The number of ether oxygens (including phenoxy) is 5. The summed E-state index contributed by atoms with van der Waals surface area (Å²) in [5.41, 5.74) is -0.601. The first-order chi connectivity index (χ1) is 20.7. The average Bonchev–Trinajstić information content (AvgIpc) is 3.15. The van der Waals surface area contributed by atoms with Gasteiger partial charge in [-0.2, -0.15) is 13.8 Å². The highest BCUT2D eigenvalue weighted by Crippen LogP contribution is 2.55. The predicted octanol–water partition coefficient (Wildman–Crippen LogP) is 5.62. The van der Waals surface area contributed by atoms with E-state index in [-0.39, 0.29) is 12.4 Å². The van der Waals surface area contributed by atoms with Crippen LogP contribution in [-0.2, 0) is 37.3 Å². The summed E-state index contributed by atoms with van der Waals surface area (Å²) < 4.78 is 80.7. The van der Waals surface area contributed by atoms with E-state index in [2.05, 4.69) is 10.1 Å². The van der Waals surface area contributed by atoms with Gasteiger partial charge in [-0.3, -0.25) is 18.7 Å². The molecule has 0 bridgehead atoms. The highest BCUT2D eigenvalue weighted by Gasteiger charge is 2.63. The molecule has 0 saturated carbocycles. The Morgan fingerprint density at radius 1 is 1.18 bits per heavy atom. The van der Waals surface area contributed by atoms with Crippen LogP contribution in [0.3, 0.4) is 0 Å². The molecule has 1 N–H and O–H groups in total. The first kappa shape index (κ1) is 33.6. The Labute approximate surface area is 255 Å². The van der Waals surface area contributed by atoms with Crippen LogP contribution in [-0.4, -0.2) is 65.4 Å². The van der Waals surface area contributed by atoms with Crippen molar-refractivity contribution in [2.45, 2.75) is 76.8 Å². The number of nitrogens with zero attached hydrogens (tertiary/aromatic N) is 2. The molecule has 1 aromatic carbocycles. The standard InChI is InChI=1S/C26H31ClF2N3O11P/c1-14(2)39-24(34)37-13-19-21(42-25(35)40-15(3)4)26(28,29)22(41-19)32-10-8-20(30-23(32)33)31-44(36)38-11-9-18(43-44)16-6-5-7-17(27)12-16/h5-8,10,12,14-15,18-19,21-22H,9,11,13H2,1-4H3,(H,30,31,33,36). The largest absolute Gasteiger partial charge is 0.509 e. The summed E-state index contributed by atoms with van der Waals surface area (Å²) in [7, 11) is -4.05. The van der Waals surface area contributed by atoms with Crippen LogP contribution in [0.15, 0.2) is 41.3 Å². The van der Waals surface area contributed by atoms with E-state index in [1.54, 1.807) is 38.1 Å². The number of hydrogen-bond donors (Lipinski definition) is 1. The molecule has 2 fully saturated rings. The lowest BCUT2D eigenvalue weighted by molar-refractivity contribution is -0.147. The molecule has 4 rings (SSSR count). The van der Waals surface area contributed by atoms with Crippen molar-refractivity contribution < 1.29 is 55.7 Å². The van der Waals surface area contributed by atoms with Crippen molar-refractivity contribution in [1.82, 2.24) is 9.55 Å². The molecule has 18 heteroatoms. The lowest BCUT2D eigenvalue weighted by atomic mass is 10.1. The van der Waals surface area contributed by atoms with Gasteiger partial charge >= 0.3 is 31.7 Å². The Hall–Kier alpha value is -3.30. The van der Waals surface area contributed by atoms with Gasteiger partial charge < -0.3 is 23.7 Å². The van der Waals surface area contributed by atoms with Gasteiger partial charge in [0.15, 0.2) is 0 Å². The van der Waals surface area contributed by atoms with E-state index >= 15 is 8.78 Å². The highest BCUT2D eigenvalue weighted by molar-refractivity contribution is 7.55.